The number of nitrogens with zero attached hydrogens (tertiary/aromatic N) is 2. The fourth-order valence-electron chi connectivity index (χ4n) is 1.55. The summed E-state index contributed by atoms with van der Waals surface area (Å²) in [5.74, 6) is -0.245. The van der Waals surface area contributed by atoms with Crippen molar-refractivity contribution in [3.8, 4) is 0 Å². The number of aromatic nitrogens is 3. The third-order valence-electron chi connectivity index (χ3n) is 2.58. The first-order valence-corrected chi connectivity index (χ1v) is 5.34. The number of rotatable bonds is 2. The maximum Gasteiger partial charge on any atom is 0.278 e. The molecule has 1 heterocycles. The lowest BCUT2D eigenvalue weighted by molar-refractivity contribution is 0.102. The first kappa shape index (κ1) is 11.3. The predicted octanol–water partition coefficient (Wildman–Crippen LogP) is 1.98. The molecule has 5 heteroatoms. The SMILES string of the molecule is Cc1ccc(C)c(NC(=O)c2n[nH]nc2C)c1. The van der Waals surface area contributed by atoms with Crippen LogP contribution in [0.15, 0.2) is 18.2 Å². The van der Waals surface area contributed by atoms with E-state index in [1.165, 1.54) is 0 Å². The highest BCUT2D eigenvalue weighted by Crippen LogP contribution is 2.17. The van der Waals surface area contributed by atoms with Crippen LogP contribution in [-0.2, 0) is 0 Å². The summed E-state index contributed by atoms with van der Waals surface area (Å²) in [6.07, 6.45) is 0. The predicted molar refractivity (Wildman–Crippen MR) is 65.0 cm³/mol. The van der Waals surface area contributed by atoms with Crippen molar-refractivity contribution in [2.45, 2.75) is 20.8 Å². The van der Waals surface area contributed by atoms with Gasteiger partial charge in [-0.15, -0.1) is 0 Å². The molecular formula is C12H14N4O. The Labute approximate surface area is 99.2 Å². The number of aromatic amines is 1. The Hall–Kier alpha value is -2.17. The molecule has 1 aromatic carbocycles. The summed E-state index contributed by atoms with van der Waals surface area (Å²) < 4.78 is 0. The first-order valence-electron chi connectivity index (χ1n) is 5.34. The van der Waals surface area contributed by atoms with E-state index in [-0.39, 0.29) is 5.91 Å². The number of nitrogens with one attached hydrogen (secondary N) is 2. The van der Waals surface area contributed by atoms with Gasteiger partial charge in [-0.2, -0.15) is 15.4 Å². The van der Waals surface area contributed by atoms with Crippen LogP contribution >= 0.6 is 0 Å². The van der Waals surface area contributed by atoms with Crippen molar-refractivity contribution in [1.82, 2.24) is 15.4 Å². The second-order valence-corrected chi connectivity index (χ2v) is 4.03. The molecule has 0 atom stereocenters. The van der Waals surface area contributed by atoms with E-state index in [1.54, 1.807) is 6.92 Å². The van der Waals surface area contributed by atoms with Gasteiger partial charge in [-0.3, -0.25) is 4.79 Å². The lowest BCUT2D eigenvalue weighted by atomic mass is 10.1. The van der Waals surface area contributed by atoms with Gasteiger partial charge in [-0.25, -0.2) is 0 Å². The highest BCUT2D eigenvalue weighted by atomic mass is 16.2. The number of benzene rings is 1. The molecule has 0 aliphatic heterocycles. The van der Waals surface area contributed by atoms with Crippen LogP contribution in [0.3, 0.4) is 0 Å². The smallest absolute Gasteiger partial charge is 0.278 e. The fraction of sp³-hybridized carbons (Fsp3) is 0.250. The van der Waals surface area contributed by atoms with Gasteiger partial charge in [0.15, 0.2) is 5.69 Å². The molecule has 2 rings (SSSR count). The zero-order chi connectivity index (χ0) is 12.4. The van der Waals surface area contributed by atoms with Gasteiger partial charge in [0, 0.05) is 5.69 Å². The van der Waals surface area contributed by atoms with E-state index >= 15 is 0 Å². The Bertz CT molecular complexity index is 559. The molecule has 0 saturated heterocycles. The van der Waals surface area contributed by atoms with Crippen molar-refractivity contribution in [3.05, 3.63) is 40.7 Å². The van der Waals surface area contributed by atoms with Crippen molar-refractivity contribution in [1.29, 1.82) is 0 Å². The quantitative estimate of drug-likeness (QED) is 0.828. The van der Waals surface area contributed by atoms with E-state index in [1.807, 2.05) is 32.0 Å². The van der Waals surface area contributed by atoms with Gasteiger partial charge in [0.2, 0.25) is 0 Å². The molecule has 5 nitrogen and oxygen atoms in total. The van der Waals surface area contributed by atoms with Gasteiger partial charge in [-0.05, 0) is 38.0 Å². The molecule has 2 N–H and O–H groups in total. The number of amides is 1. The van der Waals surface area contributed by atoms with E-state index in [0.717, 1.165) is 16.8 Å². The monoisotopic (exact) mass is 230 g/mol. The molecular weight excluding hydrogens is 216 g/mol. The number of hydrogen-bond acceptors (Lipinski definition) is 3. The van der Waals surface area contributed by atoms with Crippen LogP contribution in [-0.4, -0.2) is 21.3 Å². The Morgan fingerprint density at radius 3 is 2.65 bits per heavy atom. The highest BCUT2D eigenvalue weighted by molar-refractivity contribution is 6.03. The summed E-state index contributed by atoms with van der Waals surface area (Å²) in [5.41, 5.74) is 3.84. The fourth-order valence-corrected chi connectivity index (χ4v) is 1.55. The summed E-state index contributed by atoms with van der Waals surface area (Å²) >= 11 is 0. The number of H-pyrrole nitrogens is 1. The Balaban J connectivity index is 2.24. The van der Waals surface area contributed by atoms with Gasteiger partial charge < -0.3 is 5.32 Å². The second-order valence-electron chi connectivity index (χ2n) is 4.03. The third-order valence-corrected chi connectivity index (χ3v) is 2.58. The van der Waals surface area contributed by atoms with Crippen LogP contribution < -0.4 is 5.32 Å². The van der Waals surface area contributed by atoms with E-state index < -0.39 is 0 Å². The molecule has 0 unspecified atom stereocenters. The van der Waals surface area contributed by atoms with E-state index in [0.29, 0.717) is 11.4 Å². The van der Waals surface area contributed by atoms with Crippen LogP contribution in [0.5, 0.6) is 0 Å². The normalized spacial score (nSPS) is 10.3. The van der Waals surface area contributed by atoms with E-state index in [4.69, 9.17) is 0 Å². The van der Waals surface area contributed by atoms with Gasteiger partial charge >= 0.3 is 0 Å². The minimum atomic E-state index is -0.245. The van der Waals surface area contributed by atoms with Crippen LogP contribution in [0.1, 0.15) is 27.3 Å². The summed E-state index contributed by atoms with van der Waals surface area (Å²) in [4.78, 5) is 11.9. The summed E-state index contributed by atoms with van der Waals surface area (Å²) in [6.45, 7) is 5.67. The van der Waals surface area contributed by atoms with Crippen molar-refractivity contribution >= 4 is 11.6 Å². The molecule has 0 saturated carbocycles. The van der Waals surface area contributed by atoms with Gasteiger partial charge in [0.1, 0.15) is 0 Å². The second kappa shape index (κ2) is 4.37. The average Bonchev–Trinajstić information content (AvgIpc) is 2.70. The molecule has 0 bridgehead atoms. The molecule has 88 valence electrons. The molecule has 0 aliphatic rings. The number of carbonyl (C=O) groups excluding carboxylic acids is 1. The van der Waals surface area contributed by atoms with Crippen molar-refractivity contribution in [2.75, 3.05) is 5.32 Å². The Morgan fingerprint density at radius 1 is 1.24 bits per heavy atom. The van der Waals surface area contributed by atoms with Gasteiger partial charge in [0.25, 0.3) is 5.91 Å². The lowest BCUT2D eigenvalue weighted by Gasteiger charge is -2.08. The maximum absolute atomic E-state index is 11.9. The maximum atomic E-state index is 11.9. The minimum Gasteiger partial charge on any atom is -0.320 e. The zero-order valence-corrected chi connectivity index (χ0v) is 10.0. The van der Waals surface area contributed by atoms with Crippen molar-refractivity contribution in [3.63, 3.8) is 0 Å². The largest absolute Gasteiger partial charge is 0.320 e. The summed E-state index contributed by atoms with van der Waals surface area (Å²) in [5, 5.41) is 12.9. The third kappa shape index (κ3) is 2.33. The standard InChI is InChI=1S/C12H14N4O/c1-7-4-5-8(2)10(6-7)13-12(17)11-9(3)14-16-15-11/h4-6H,1-3H3,(H,13,17)(H,14,15,16). The van der Waals surface area contributed by atoms with E-state index in [9.17, 15) is 4.79 Å². The average molecular weight is 230 g/mol. The van der Waals surface area contributed by atoms with Gasteiger partial charge in [-0.1, -0.05) is 12.1 Å². The molecule has 0 aliphatic carbocycles. The topological polar surface area (TPSA) is 70.7 Å². The Morgan fingerprint density at radius 2 is 2.00 bits per heavy atom. The van der Waals surface area contributed by atoms with Crippen LogP contribution in [0.2, 0.25) is 0 Å². The number of hydrogen-bond donors (Lipinski definition) is 2. The molecule has 0 spiro atoms. The lowest BCUT2D eigenvalue weighted by Crippen LogP contribution is -2.14. The Kier molecular flexibility index (Phi) is 2.91. The minimum absolute atomic E-state index is 0.245. The highest BCUT2D eigenvalue weighted by Gasteiger charge is 2.14. The number of carbonyl (C=O) groups is 1. The van der Waals surface area contributed by atoms with Gasteiger partial charge in [0.05, 0.1) is 5.69 Å². The number of aryl methyl sites for hydroxylation is 3. The molecule has 1 amide bonds. The van der Waals surface area contributed by atoms with Crippen LogP contribution in [0, 0.1) is 20.8 Å². The molecule has 2 aromatic rings. The summed E-state index contributed by atoms with van der Waals surface area (Å²) in [7, 11) is 0. The molecule has 17 heavy (non-hydrogen) atoms. The van der Waals surface area contributed by atoms with Crippen molar-refractivity contribution in [2.24, 2.45) is 0 Å². The van der Waals surface area contributed by atoms with Crippen molar-refractivity contribution < 1.29 is 4.79 Å². The summed E-state index contributed by atoms with van der Waals surface area (Å²) in [6, 6.07) is 5.91. The van der Waals surface area contributed by atoms with Crippen LogP contribution in [0.4, 0.5) is 5.69 Å². The molecule has 0 fully saturated rings. The van der Waals surface area contributed by atoms with E-state index in [2.05, 4.69) is 20.7 Å². The first-order chi connectivity index (χ1) is 8.08. The molecule has 1 aromatic heterocycles. The zero-order valence-electron chi connectivity index (χ0n) is 10.0. The molecule has 0 radical (unpaired) electrons. The number of anilines is 1. The van der Waals surface area contributed by atoms with Crippen LogP contribution in [0.25, 0.3) is 0 Å².